The van der Waals surface area contributed by atoms with Crippen LogP contribution in [0.4, 0.5) is 0 Å². The normalized spacial score (nSPS) is 10.7. The number of esters is 1. The molecule has 0 atom stereocenters. The van der Waals surface area contributed by atoms with Crippen molar-refractivity contribution in [2.45, 2.75) is 5.33 Å². The molecule has 0 heterocycles. The summed E-state index contributed by atoms with van der Waals surface area (Å²) in [6, 6.07) is 7.47. The predicted molar refractivity (Wildman–Crippen MR) is 72.3 cm³/mol. The van der Waals surface area contributed by atoms with Crippen LogP contribution in [0.15, 0.2) is 24.3 Å². The molecule has 102 valence electrons. The molecule has 0 unspecified atom stereocenters. The van der Waals surface area contributed by atoms with Crippen molar-refractivity contribution < 1.29 is 38.0 Å². The summed E-state index contributed by atoms with van der Waals surface area (Å²) < 4.78 is 6.02. The molecule has 0 saturated heterocycles. The monoisotopic (exact) mass is 427 g/mol. The van der Waals surface area contributed by atoms with E-state index in [2.05, 4.69) is 37.1 Å². The highest BCUT2D eigenvalue weighted by molar-refractivity contribution is 9.08. The maximum Gasteiger partial charge on any atom is 0.338 e. The van der Waals surface area contributed by atoms with Gasteiger partial charge in [-0.25, -0.2) is 4.79 Å². The lowest BCUT2D eigenvalue weighted by Crippen LogP contribution is -3.00. The summed E-state index contributed by atoms with van der Waals surface area (Å²) in [5.41, 5.74) is 1.69. The lowest BCUT2D eigenvalue weighted by atomic mass is 10.1. The van der Waals surface area contributed by atoms with E-state index in [4.69, 9.17) is 4.74 Å². The third kappa shape index (κ3) is 6.70. The van der Waals surface area contributed by atoms with Crippen LogP contribution in [0.1, 0.15) is 15.9 Å². The van der Waals surface area contributed by atoms with Crippen molar-refractivity contribution in [1.82, 2.24) is 0 Å². The number of nitrogens with zero attached hydrogens (tertiary/aromatic N) is 1. The van der Waals surface area contributed by atoms with Crippen LogP contribution in [0, 0.1) is 0 Å². The molecule has 0 aliphatic carbocycles. The smallest absolute Gasteiger partial charge is 0.338 e. The van der Waals surface area contributed by atoms with Gasteiger partial charge in [-0.2, -0.15) is 0 Å². The van der Waals surface area contributed by atoms with Gasteiger partial charge < -0.3 is 33.2 Å². The summed E-state index contributed by atoms with van der Waals surface area (Å²) in [6.07, 6.45) is 0. The maximum absolute atomic E-state index is 11.8. The molecule has 0 N–H and O–H groups in total. The molecule has 0 amide bonds. The van der Waals surface area contributed by atoms with Gasteiger partial charge in [0, 0.05) is 5.33 Å². The highest BCUT2D eigenvalue weighted by Gasteiger charge is 2.11. The highest BCUT2D eigenvalue weighted by atomic mass is 127. The first kappa shape index (κ1) is 17.9. The molecule has 5 heteroatoms. The molecule has 0 aromatic heterocycles. The number of quaternary nitrogens is 1. The molecule has 1 rings (SSSR count). The second kappa shape index (κ2) is 8.12. The Hall–Kier alpha value is -0.140. The van der Waals surface area contributed by atoms with Crippen LogP contribution in [-0.4, -0.2) is 44.7 Å². The van der Waals surface area contributed by atoms with Gasteiger partial charge in [0.2, 0.25) is 0 Å². The van der Waals surface area contributed by atoms with E-state index in [1.807, 2.05) is 18.2 Å². The summed E-state index contributed by atoms with van der Waals surface area (Å²) in [5, 5.41) is 0.743. The van der Waals surface area contributed by atoms with Gasteiger partial charge in [0.25, 0.3) is 0 Å². The summed E-state index contributed by atoms with van der Waals surface area (Å²) in [6.45, 7) is 1.25. The van der Waals surface area contributed by atoms with Gasteiger partial charge in [0.15, 0.2) is 0 Å². The molecule has 1 aromatic rings. The van der Waals surface area contributed by atoms with E-state index in [9.17, 15) is 4.79 Å². The zero-order valence-corrected chi connectivity index (χ0v) is 14.7. The second-order valence-electron chi connectivity index (χ2n) is 4.98. The molecule has 0 aliphatic rings. The third-order valence-electron chi connectivity index (χ3n) is 2.31. The number of hydrogen-bond acceptors (Lipinski definition) is 2. The van der Waals surface area contributed by atoms with Gasteiger partial charge >= 0.3 is 5.97 Å². The van der Waals surface area contributed by atoms with Crippen LogP contribution in [-0.2, 0) is 10.1 Å². The molecule has 0 spiro atoms. The number of rotatable bonds is 5. The first-order chi connectivity index (χ1) is 7.92. The number of hydrogen-bond donors (Lipinski definition) is 0. The molecular formula is C13H19BrINO2. The van der Waals surface area contributed by atoms with Gasteiger partial charge in [-0.05, 0) is 17.7 Å². The average molecular weight is 428 g/mol. The van der Waals surface area contributed by atoms with E-state index in [1.165, 1.54) is 0 Å². The number of carbonyl (C=O) groups excluding carboxylic acids is 1. The minimum Gasteiger partial charge on any atom is -1.00 e. The first-order valence-electron chi connectivity index (χ1n) is 5.55. The number of halogens is 2. The highest BCUT2D eigenvalue weighted by Crippen LogP contribution is 2.10. The van der Waals surface area contributed by atoms with Crippen LogP contribution in [0.25, 0.3) is 0 Å². The molecule has 18 heavy (non-hydrogen) atoms. The van der Waals surface area contributed by atoms with E-state index >= 15 is 0 Å². The van der Waals surface area contributed by atoms with E-state index in [0.717, 1.165) is 21.9 Å². The number of likely N-dealkylation sites (N-methyl/N-ethyl adjacent to an activating group) is 1. The number of ether oxygens (including phenoxy) is 1. The number of benzene rings is 1. The summed E-state index contributed by atoms with van der Waals surface area (Å²) in [5.74, 6) is -0.249. The molecule has 0 aliphatic heterocycles. The maximum atomic E-state index is 11.8. The zero-order chi connectivity index (χ0) is 12.9. The zero-order valence-electron chi connectivity index (χ0n) is 11.0. The lowest BCUT2D eigenvalue weighted by molar-refractivity contribution is -0.870. The summed E-state index contributed by atoms with van der Waals surface area (Å²) >= 11 is 3.36. The molecule has 0 saturated carbocycles. The Bertz CT molecular complexity index is 391. The van der Waals surface area contributed by atoms with Gasteiger partial charge in [0.05, 0.1) is 26.7 Å². The van der Waals surface area contributed by atoms with E-state index in [0.29, 0.717) is 12.2 Å². The third-order valence-corrected chi connectivity index (χ3v) is 2.96. The van der Waals surface area contributed by atoms with Crippen molar-refractivity contribution in [1.29, 1.82) is 0 Å². The van der Waals surface area contributed by atoms with Gasteiger partial charge in [-0.3, -0.25) is 0 Å². The van der Waals surface area contributed by atoms with E-state index in [1.54, 1.807) is 6.07 Å². The Morgan fingerprint density at radius 1 is 1.33 bits per heavy atom. The average Bonchev–Trinajstić information content (AvgIpc) is 2.27. The van der Waals surface area contributed by atoms with Gasteiger partial charge in [-0.15, -0.1) is 0 Å². The van der Waals surface area contributed by atoms with E-state index < -0.39 is 0 Å². The van der Waals surface area contributed by atoms with Crippen molar-refractivity contribution in [3.8, 4) is 0 Å². The second-order valence-corrected chi connectivity index (χ2v) is 5.54. The quantitative estimate of drug-likeness (QED) is 0.273. The van der Waals surface area contributed by atoms with Crippen LogP contribution < -0.4 is 24.0 Å². The van der Waals surface area contributed by atoms with Crippen LogP contribution in [0.5, 0.6) is 0 Å². The number of alkyl halides is 1. The molecule has 0 bridgehead atoms. The Balaban J connectivity index is 0.00000289. The fraction of sp³-hybridized carbons (Fsp3) is 0.462. The minimum atomic E-state index is -0.249. The Kier molecular flexibility index (Phi) is 8.05. The summed E-state index contributed by atoms with van der Waals surface area (Å²) in [4.78, 5) is 11.8. The van der Waals surface area contributed by atoms with E-state index in [-0.39, 0.29) is 29.9 Å². The molecule has 1 aromatic carbocycles. The van der Waals surface area contributed by atoms with Crippen molar-refractivity contribution in [3.05, 3.63) is 35.4 Å². The Labute approximate surface area is 134 Å². The number of carbonyl (C=O) groups is 1. The van der Waals surface area contributed by atoms with Crippen LogP contribution in [0.2, 0.25) is 0 Å². The topological polar surface area (TPSA) is 26.3 Å². The SMILES string of the molecule is C[N+](C)(C)CCOC(=O)c1cccc(CBr)c1.[I-]. The first-order valence-corrected chi connectivity index (χ1v) is 6.67. The summed E-state index contributed by atoms with van der Waals surface area (Å²) in [7, 11) is 6.21. The van der Waals surface area contributed by atoms with Crippen molar-refractivity contribution >= 4 is 21.9 Å². The molecular weight excluding hydrogens is 409 g/mol. The lowest BCUT2D eigenvalue weighted by Gasteiger charge is -2.23. The molecule has 0 radical (unpaired) electrons. The predicted octanol–water partition coefficient (Wildman–Crippen LogP) is -0.551. The molecule has 0 fully saturated rings. The molecule has 3 nitrogen and oxygen atoms in total. The minimum absolute atomic E-state index is 0. The van der Waals surface area contributed by atoms with Crippen LogP contribution in [0.3, 0.4) is 0 Å². The van der Waals surface area contributed by atoms with Crippen molar-refractivity contribution in [2.24, 2.45) is 0 Å². The van der Waals surface area contributed by atoms with Crippen molar-refractivity contribution in [2.75, 3.05) is 34.3 Å². The fourth-order valence-electron chi connectivity index (χ4n) is 1.28. The Morgan fingerprint density at radius 2 is 2.00 bits per heavy atom. The van der Waals surface area contributed by atoms with Crippen molar-refractivity contribution in [3.63, 3.8) is 0 Å². The Morgan fingerprint density at radius 3 is 2.56 bits per heavy atom. The fourth-order valence-corrected chi connectivity index (χ4v) is 1.63. The van der Waals surface area contributed by atoms with Crippen LogP contribution >= 0.6 is 15.9 Å². The standard InChI is InChI=1S/C13H19BrNO2.HI/c1-15(2,3)7-8-17-13(16)12-6-4-5-11(9-12)10-14;/h4-6,9H,7-8,10H2,1-3H3;1H/q+1;/p-1. The van der Waals surface area contributed by atoms with Gasteiger partial charge in [0.1, 0.15) is 13.2 Å². The largest absolute Gasteiger partial charge is 1.00 e. The van der Waals surface area contributed by atoms with Gasteiger partial charge in [-0.1, -0.05) is 28.1 Å².